The van der Waals surface area contributed by atoms with Gasteiger partial charge in [0.25, 0.3) is 0 Å². The number of azo groups is 1. The van der Waals surface area contributed by atoms with Crippen molar-refractivity contribution in [3.63, 3.8) is 0 Å². The molecular weight excluding hydrogens is 282 g/mol. The number of aliphatic hydroxyl groups is 1. The van der Waals surface area contributed by atoms with Gasteiger partial charge in [-0.2, -0.15) is 0 Å². The number of carbonyl (C=O) groups excluding carboxylic acids is 1. The Balaban J connectivity index is 1.64. The van der Waals surface area contributed by atoms with Crippen molar-refractivity contribution >= 4 is 22.8 Å². The number of aromatic nitrogens is 3. The van der Waals surface area contributed by atoms with Crippen LogP contribution in [-0.4, -0.2) is 25.8 Å². The van der Waals surface area contributed by atoms with E-state index in [1.807, 2.05) is 0 Å². The lowest BCUT2D eigenvalue weighted by Crippen LogP contribution is -2.21. The fourth-order valence-corrected chi connectivity index (χ4v) is 3.34. The number of aliphatic hydroxyl groups excluding tert-OH is 1. The van der Waals surface area contributed by atoms with Crippen LogP contribution in [0.4, 0.5) is 5.95 Å². The Morgan fingerprint density at radius 2 is 2.05 bits per heavy atom. The van der Waals surface area contributed by atoms with Gasteiger partial charge >= 0.3 is 0 Å². The lowest BCUT2D eigenvalue weighted by atomic mass is 9.80. The number of nitrogens with zero attached hydrogens (tertiary/aromatic N) is 4. The first-order valence-electron chi connectivity index (χ1n) is 7.43. The molecule has 22 heavy (non-hydrogen) atoms. The number of rotatable bonds is 2. The van der Waals surface area contributed by atoms with E-state index in [0.717, 1.165) is 36.7 Å². The summed E-state index contributed by atoms with van der Waals surface area (Å²) in [6, 6.07) is 1.76. The van der Waals surface area contributed by atoms with E-state index in [-0.39, 0.29) is 29.1 Å². The van der Waals surface area contributed by atoms with Crippen molar-refractivity contribution in [3.05, 3.63) is 29.9 Å². The Morgan fingerprint density at radius 3 is 2.82 bits per heavy atom. The first-order chi connectivity index (χ1) is 10.7. The molecule has 2 heterocycles. The highest BCUT2D eigenvalue weighted by Gasteiger charge is 2.43. The molecule has 2 unspecified atom stereocenters. The first kappa shape index (κ1) is 13.1. The summed E-state index contributed by atoms with van der Waals surface area (Å²) in [6.45, 7) is 0. The van der Waals surface area contributed by atoms with Crippen molar-refractivity contribution in [2.45, 2.75) is 25.7 Å². The molecule has 0 radical (unpaired) electrons. The van der Waals surface area contributed by atoms with Crippen molar-refractivity contribution in [1.29, 1.82) is 0 Å². The highest BCUT2D eigenvalue weighted by molar-refractivity contribution is 6.00. The van der Waals surface area contributed by atoms with E-state index in [1.54, 1.807) is 18.5 Å². The number of hydrogen-bond acceptors (Lipinski definition) is 6. The van der Waals surface area contributed by atoms with Gasteiger partial charge in [-0.05, 0) is 18.9 Å². The summed E-state index contributed by atoms with van der Waals surface area (Å²) in [4.78, 5) is 23.5. The molecule has 1 saturated carbocycles. The number of ketones is 1. The van der Waals surface area contributed by atoms with Gasteiger partial charge in [0.2, 0.25) is 5.95 Å². The summed E-state index contributed by atoms with van der Waals surface area (Å²) in [6.07, 6.45) is 7.03. The minimum atomic E-state index is -0.123. The van der Waals surface area contributed by atoms with Crippen LogP contribution < -0.4 is 0 Å². The van der Waals surface area contributed by atoms with Crippen LogP contribution in [0, 0.1) is 11.8 Å². The van der Waals surface area contributed by atoms with Gasteiger partial charge in [0.15, 0.2) is 11.5 Å². The lowest BCUT2D eigenvalue weighted by Gasteiger charge is -2.23. The van der Waals surface area contributed by atoms with Gasteiger partial charge in [0.1, 0.15) is 5.76 Å². The van der Waals surface area contributed by atoms with E-state index >= 15 is 0 Å². The first-order valence-corrected chi connectivity index (χ1v) is 7.43. The van der Waals surface area contributed by atoms with E-state index in [1.165, 1.54) is 0 Å². The zero-order valence-corrected chi connectivity index (χ0v) is 11.9. The van der Waals surface area contributed by atoms with E-state index in [9.17, 15) is 9.90 Å². The van der Waals surface area contributed by atoms with Gasteiger partial charge in [-0.3, -0.25) is 9.78 Å². The molecular formula is C15H15N5O2. The summed E-state index contributed by atoms with van der Waals surface area (Å²) in [5, 5.41) is 18.2. The topological polar surface area (TPSA) is 104 Å². The Morgan fingerprint density at radius 1 is 1.23 bits per heavy atom. The van der Waals surface area contributed by atoms with Crippen molar-refractivity contribution in [2.75, 3.05) is 0 Å². The van der Waals surface area contributed by atoms with E-state index in [0.29, 0.717) is 5.95 Å². The molecule has 7 heteroatoms. The minimum absolute atomic E-state index is 0.0740. The van der Waals surface area contributed by atoms with Crippen LogP contribution in [0.15, 0.2) is 40.1 Å². The second-order valence-electron chi connectivity index (χ2n) is 5.75. The number of hydrogen-bond donors (Lipinski definition) is 2. The summed E-state index contributed by atoms with van der Waals surface area (Å²) >= 11 is 0. The van der Waals surface area contributed by atoms with Crippen LogP contribution in [0.3, 0.4) is 0 Å². The number of imidazole rings is 1. The fraction of sp³-hybridized carbons (Fsp3) is 0.400. The number of fused-ring (bicyclic) bond motifs is 2. The van der Waals surface area contributed by atoms with E-state index in [2.05, 4.69) is 25.2 Å². The van der Waals surface area contributed by atoms with Gasteiger partial charge in [-0.15, -0.1) is 10.2 Å². The maximum absolute atomic E-state index is 12.3. The quantitative estimate of drug-likeness (QED) is 0.830. The van der Waals surface area contributed by atoms with E-state index in [4.69, 9.17) is 0 Å². The number of allylic oxidation sites excluding steroid dienone is 2. The molecule has 1 fully saturated rings. The molecule has 2 aromatic rings. The molecule has 0 amide bonds. The van der Waals surface area contributed by atoms with Crippen molar-refractivity contribution in [2.24, 2.45) is 22.1 Å². The minimum Gasteiger partial charge on any atom is -0.510 e. The van der Waals surface area contributed by atoms with E-state index < -0.39 is 0 Å². The predicted octanol–water partition coefficient (Wildman–Crippen LogP) is 3.20. The zero-order valence-electron chi connectivity index (χ0n) is 11.9. The SMILES string of the molecule is O=C1C(N=Nc2nc3ccncc3[nH]2)=C(O)C2CCCCC12. The maximum atomic E-state index is 12.3. The third-order valence-electron chi connectivity index (χ3n) is 4.45. The second-order valence-corrected chi connectivity index (χ2v) is 5.75. The number of pyridine rings is 1. The van der Waals surface area contributed by atoms with Gasteiger partial charge in [-0.25, -0.2) is 4.98 Å². The van der Waals surface area contributed by atoms with Gasteiger partial charge in [-0.1, -0.05) is 12.8 Å². The van der Waals surface area contributed by atoms with Crippen LogP contribution in [0.1, 0.15) is 25.7 Å². The van der Waals surface area contributed by atoms with Crippen LogP contribution in [0.5, 0.6) is 0 Å². The van der Waals surface area contributed by atoms with Gasteiger partial charge in [0.05, 0.1) is 17.2 Å². The number of nitrogens with one attached hydrogen (secondary N) is 1. The third kappa shape index (κ3) is 2.01. The monoisotopic (exact) mass is 297 g/mol. The fourth-order valence-electron chi connectivity index (χ4n) is 3.34. The molecule has 4 rings (SSSR count). The molecule has 0 saturated heterocycles. The van der Waals surface area contributed by atoms with Crippen LogP contribution in [-0.2, 0) is 4.79 Å². The molecule has 0 aliphatic heterocycles. The second kappa shape index (κ2) is 5.01. The lowest BCUT2D eigenvalue weighted by molar-refractivity contribution is -0.120. The van der Waals surface area contributed by atoms with Crippen LogP contribution in [0.25, 0.3) is 11.0 Å². The zero-order chi connectivity index (χ0) is 15.1. The summed E-state index contributed by atoms with van der Waals surface area (Å²) in [5.41, 5.74) is 1.57. The number of aromatic amines is 1. The molecule has 2 atom stereocenters. The number of carbonyl (C=O) groups is 1. The average Bonchev–Trinajstić information content (AvgIpc) is 3.06. The number of H-pyrrole nitrogens is 1. The molecule has 2 aliphatic rings. The summed E-state index contributed by atoms with van der Waals surface area (Å²) < 4.78 is 0. The molecule has 112 valence electrons. The molecule has 7 nitrogen and oxygen atoms in total. The summed E-state index contributed by atoms with van der Waals surface area (Å²) in [5.74, 6) is 0.101. The third-order valence-corrected chi connectivity index (χ3v) is 4.45. The molecule has 2 aromatic heterocycles. The smallest absolute Gasteiger partial charge is 0.247 e. The van der Waals surface area contributed by atoms with Crippen molar-refractivity contribution in [1.82, 2.24) is 15.0 Å². The normalized spacial score (nSPS) is 25.4. The maximum Gasteiger partial charge on any atom is 0.247 e. The van der Waals surface area contributed by atoms with Gasteiger partial charge in [0, 0.05) is 18.0 Å². The molecule has 0 aromatic carbocycles. The Bertz CT molecular complexity index is 774. The number of Topliss-reactive ketones (excluding diaryl/α,β-unsaturated/α-hetero) is 1. The Labute approximate surface area is 126 Å². The van der Waals surface area contributed by atoms with Crippen molar-refractivity contribution < 1.29 is 9.90 Å². The Hall–Kier alpha value is -2.57. The van der Waals surface area contributed by atoms with Gasteiger partial charge < -0.3 is 10.1 Å². The predicted molar refractivity (Wildman–Crippen MR) is 78.5 cm³/mol. The largest absolute Gasteiger partial charge is 0.510 e. The highest BCUT2D eigenvalue weighted by atomic mass is 16.3. The van der Waals surface area contributed by atoms with Crippen molar-refractivity contribution in [3.8, 4) is 0 Å². The summed E-state index contributed by atoms with van der Waals surface area (Å²) in [7, 11) is 0. The van der Waals surface area contributed by atoms with Crippen LogP contribution >= 0.6 is 0 Å². The molecule has 0 spiro atoms. The standard InChI is InChI=1S/C15H15N5O2/c21-13-8-3-1-2-4-9(8)14(22)12(13)19-20-15-17-10-5-6-16-7-11(10)18-15/h5-9,21H,1-4H2,(H,17,18). The Kier molecular flexibility index (Phi) is 2.99. The van der Waals surface area contributed by atoms with Crippen LogP contribution in [0.2, 0.25) is 0 Å². The highest BCUT2D eigenvalue weighted by Crippen LogP contribution is 2.43. The molecule has 2 aliphatic carbocycles. The molecule has 2 N–H and O–H groups in total. The molecule has 0 bridgehead atoms. The average molecular weight is 297 g/mol.